The Morgan fingerprint density at radius 2 is 1.83 bits per heavy atom. The molecule has 2 fully saturated rings. The number of anilines is 1. The van der Waals surface area contributed by atoms with Crippen molar-refractivity contribution in [2.75, 3.05) is 25.1 Å². The van der Waals surface area contributed by atoms with Crippen LogP contribution in [0.25, 0.3) is 0 Å². The lowest BCUT2D eigenvalue weighted by molar-refractivity contribution is -0.120. The molecule has 2 aliphatic rings. The summed E-state index contributed by atoms with van der Waals surface area (Å²) >= 11 is 0. The number of hydrogen-bond acceptors (Lipinski definition) is 3. The Hall–Kier alpha value is -1.88. The van der Waals surface area contributed by atoms with Crippen molar-refractivity contribution in [3.8, 4) is 0 Å². The number of amides is 2. The summed E-state index contributed by atoms with van der Waals surface area (Å²) in [4.78, 5) is 26.7. The summed E-state index contributed by atoms with van der Waals surface area (Å²) in [5, 5.41) is 2.98. The Labute approximate surface area is 143 Å². The molecule has 1 aliphatic heterocycles. The number of nitrogens with zero attached hydrogens (tertiary/aromatic N) is 1. The van der Waals surface area contributed by atoms with Gasteiger partial charge in [0.2, 0.25) is 5.91 Å². The molecule has 1 saturated carbocycles. The highest BCUT2D eigenvalue weighted by Crippen LogP contribution is 2.25. The van der Waals surface area contributed by atoms with Gasteiger partial charge < -0.3 is 15.0 Å². The molecule has 130 valence electrons. The number of carbonyl (C=O) groups excluding carboxylic acids is 2. The van der Waals surface area contributed by atoms with E-state index in [0.29, 0.717) is 25.3 Å². The smallest absolute Gasteiger partial charge is 0.254 e. The quantitative estimate of drug-likeness (QED) is 0.926. The molecule has 0 bridgehead atoms. The molecular weight excluding hydrogens is 304 g/mol. The van der Waals surface area contributed by atoms with Crippen LogP contribution in [-0.4, -0.2) is 42.5 Å². The van der Waals surface area contributed by atoms with Crippen LogP contribution >= 0.6 is 0 Å². The van der Waals surface area contributed by atoms with Crippen LogP contribution in [0.5, 0.6) is 0 Å². The van der Waals surface area contributed by atoms with E-state index in [-0.39, 0.29) is 23.8 Å². The second-order valence-corrected chi connectivity index (χ2v) is 6.82. The maximum absolute atomic E-state index is 12.6. The summed E-state index contributed by atoms with van der Waals surface area (Å²) in [6.07, 6.45) is 5.49. The van der Waals surface area contributed by atoms with E-state index in [2.05, 4.69) is 5.32 Å². The van der Waals surface area contributed by atoms with Gasteiger partial charge in [0.25, 0.3) is 5.91 Å². The van der Waals surface area contributed by atoms with Crippen LogP contribution in [0, 0.1) is 5.92 Å². The second-order valence-electron chi connectivity index (χ2n) is 6.82. The van der Waals surface area contributed by atoms with Gasteiger partial charge in [-0.1, -0.05) is 19.3 Å². The maximum Gasteiger partial charge on any atom is 0.254 e. The molecule has 0 aromatic heterocycles. The summed E-state index contributed by atoms with van der Waals surface area (Å²) in [5.41, 5.74) is 1.41. The minimum atomic E-state index is 0.0240. The Morgan fingerprint density at radius 3 is 2.50 bits per heavy atom. The van der Waals surface area contributed by atoms with Crippen molar-refractivity contribution in [3.05, 3.63) is 29.8 Å². The number of carbonyl (C=O) groups is 2. The van der Waals surface area contributed by atoms with Crippen molar-refractivity contribution in [2.24, 2.45) is 5.92 Å². The molecule has 3 rings (SSSR count). The number of rotatable bonds is 3. The van der Waals surface area contributed by atoms with E-state index in [4.69, 9.17) is 4.74 Å². The Kier molecular flexibility index (Phi) is 5.51. The van der Waals surface area contributed by atoms with Crippen molar-refractivity contribution in [3.63, 3.8) is 0 Å². The fourth-order valence-electron chi connectivity index (χ4n) is 3.50. The van der Waals surface area contributed by atoms with E-state index in [9.17, 15) is 9.59 Å². The second kappa shape index (κ2) is 7.79. The van der Waals surface area contributed by atoms with E-state index in [1.807, 2.05) is 24.0 Å². The molecule has 1 aromatic rings. The number of benzene rings is 1. The molecule has 5 nitrogen and oxygen atoms in total. The molecule has 1 atom stereocenters. The van der Waals surface area contributed by atoms with Gasteiger partial charge in [0.05, 0.1) is 19.3 Å². The van der Waals surface area contributed by atoms with Gasteiger partial charge in [-0.25, -0.2) is 0 Å². The molecule has 1 heterocycles. The van der Waals surface area contributed by atoms with E-state index in [0.717, 1.165) is 31.4 Å². The van der Waals surface area contributed by atoms with Crippen LogP contribution in [0.15, 0.2) is 24.3 Å². The third-order valence-corrected chi connectivity index (χ3v) is 5.00. The first kappa shape index (κ1) is 17.0. The van der Waals surface area contributed by atoms with E-state index >= 15 is 0 Å². The van der Waals surface area contributed by atoms with Crippen molar-refractivity contribution < 1.29 is 14.3 Å². The van der Waals surface area contributed by atoms with Gasteiger partial charge in [0.1, 0.15) is 0 Å². The van der Waals surface area contributed by atoms with E-state index < -0.39 is 0 Å². The molecule has 2 amide bonds. The molecule has 1 aliphatic carbocycles. The normalized spacial score (nSPS) is 22.2. The van der Waals surface area contributed by atoms with Gasteiger partial charge in [0, 0.05) is 23.7 Å². The highest BCUT2D eigenvalue weighted by atomic mass is 16.5. The molecule has 1 N–H and O–H groups in total. The average molecular weight is 330 g/mol. The fourth-order valence-corrected chi connectivity index (χ4v) is 3.50. The lowest BCUT2D eigenvalue weighted by atomic mass is 9.88. The van der Waals surface area contributed by atoms with Gasteiger partial charge in [-0.3, -0.25) is 9.59 Å². The van der Waals surface area contributed by atoms with Crippen LogP contribution in [-0.2, 0) is 9.53 Å². The monoisotopic (exact) mass is 330 g/mol. The third-order valence-electron chi connectivity index (χ3n) is 5.00. The lowest BCUT2D eigenvalue weighted by Gasteiger charge is -2.33. The first-order valence-electron chi connectivity index (χ1n) is 8.95. The Bertz CT molecular complexity index is 579. The van der Waals surface area contributed by atoms with Crippen LogP contribution < -0.4 is 5.32 Å². The number of morpholine rings is 1. The predicted molar refractivity (Wildman–Crippen MR) is 93.0 cm³/mol. The van der Waals surface area contributed by atoms with Gasteiger partial charge in [-0.15, -0.1) is 0 Å². The molecule has 1 unspecified atom stereocenters. The molecular formula is C19H26N2O3. The van der Waals surface area contributed by atoms with Crippen LogP contribution in [0.4, 0.5) is 5.69 Å². The fraction of sp³-hybridized carbons (Fsp3) is 0.579. The minimum Gasteiger partial charge on any atom is -0.377 e. The largest absolute Gasteiger partial charge is 0.377 e. The summed E-state index contributed by atoms with van der Waals surface area (Å²) in [6.45, 7) is 3.79. The molecule has 1 aromatic carbocycles. The van der Waals surface area contributed by atoms with E-state index in [1.54, 1.807) is 12.1 Å². The van der Waals surface area contributed by atoms with Crippen LogP contribution in [0.2, 0.25) is 0 Å². The number of ether oxygens (including phenoxy) is 1. The zero-order chi connectivity index (χ0) is 16.9. The molecule has 24 heavy (non-hydrogen) atoms. The highest BCUT2D eigenvalue weighted by Gasteiger charge is 2.25. The first-order valence-corrected chi connectivity index (χ1v) is 8.95. The molecule has 0 spiro atoms. The van der Waals surface area contributed by atoms with Gasteiger partial charge >= 0.3 is 0 Å². The summed E-state index contributed by atoms with van der Waals surface area (Å²) in [6, 6.07) is 7.32. The van der Waals surface area contributed by atoms with Gasteiger partial charge in [-0.2, -0.15) is 0 Å². The molecule has 5 heteroatoms. The Morgan fingerprint density at radius 1 is 1.12 bits per heavy atom. The van der Waals surface area contributed by atoms with E-state index in [1.165, 1.54) is 6.42 Å². The average Bonchev–Trinajstić information content (AvgIpc) is 2.63. The highest BCUT2D eigenvalue weighted by molar-refractivity contribution is 5.96. The van der Waals surface area contributed by atoms with Crippen molar-refractivity contribution in [2.45, 2.75) is 45.1 Å². The molecule has 0 radical (unpaired) electrons. The van der Waals surface area contributed by atoms with Crippen LogP contribution in [0.1, 0.15) is 49.4 Å². The Balaban J connectivity index is 1.60. The maximum atomic E-state index is 12.6. The van der Waals surface area contributed by atoms with Gasteiger partial charge in [0.15, 0.2) is 0 Å². The van der Waals surface area contributed by atoms with Crippen LogP contribution in [0.3, 0.4) is 0 Å². The summed E-state index contributed by atoms with van der Waals surface area (Å²) in [7, 11) is 0. The van der Waals surface area contributed by atoms with Gasteiger partial charge in [-0.05, 0) is 44.0 Å². The first-order chi connectivity index (χ1) is 11.6. The number of hydrogen-bond donors (Lipinski definition) is 1. The van der Waals surface area contributed by atoms with Crippen molar-refractivity contribution >= 4 is 17.5 Å². The zero-order valence-corrected chi connectivity index (χ0v) is 14.3. The topological polar surface area (TPSA) is 58.6 Å². The predicted octanol–water partition coefficient (Wildman–Crippen LogP) is 3.07. The molecule has 1 saturated heterocycles. The van der Waals surface area contributed by atoms with Crippen molar-refractivity contribution in [1.82, 2.24) is 4.90 Å². The lowest BCUT2D eigenvalue weighted by Crippen LogP contribution is -2.47. The minimum absolute atomic E-state index is 0.0240. The third kappa shape index (κ3) is 3.96. The zero-order valence-electron chi connectivity index (χ0n) is 14.3. The summed E-state index contributed by atoms with van der Waals surface area (Å²) in [5.74, 6) is 0.265. The standard InChI is InChI=1S/C19H26N2O3/c1-14-13-24-12-11-21(14)19(23)16-7-9-17(10-8-16)20-18(22)15-5-3-2-4-6-15/h7-10,14-15H,2-6,11-13H2,1H3,(H,20,22). The number of nitrogens with one attached hydrogen (secondary N) is 1. The van der Waals surface area contributed by atoms with Crippen molar-refractivity contribution in [1.29, 1.82) is 0 Å². The summed E-state index contributed by atoms with van der Waals surface area (Å²) < 4.78 is 5.38. The SMILES string of the molecule is CC1COCCN1C(=O)c1ccc(NC(=O)C2CCCCC2)cc1.